The van der Waals surface area contributed by atoms with Crippen LogP contribution in [0.5, 0.6) is 0 Å². The van der Waals surface area contributed by atoms with Gasteiger partial charge in [-0.3, -0.25) is 4.98 Å². The van der Waals surface area contributed by atoms with Gasteiger partial charge in [0.15, 0.2) is 0 Å². The summed E-state index contributed by atoms with van der Waals surface area (Å²) in [5.41, 5.74) is 0.961. The average molecular weight is 318 g/mol. The molecule has 0 bridgehead atoms. The fourth-order valence-electron chi connectivity index (χ4n) is 2.22. The van der Waals surface area contributed by atoms with E-state index in [1.165, 1.54) is 16.8 Å². The van der Waals surface area contributed by atoms with Crippen LogP contribution >= 0.6 is 11.6 Å². The van der Waals surface area contributed by atoms with Crippen molar-refractivity contribution in [2.75, 3.05) is 0 Å². The summed E-state index contributed by atoms with van der Waals surface area (Å²) in [6, 6.07) is 14.0. The highest BCUT2D eigenvalue weighted by Gasteiger charge is 2.12. The highest BCUT2D eigenvalue weighted by atomic mass is 35.5. The minimum absolute atomic E-state index is 0.141. The first-order valence-electron chi connectivity index (χ1n) is 6.76. The van der Waals surface area contributed by atoms with Crippen molar-refractivity contribution in [3.63, 3.8) is 0 Å². The number of nitrogens with zero attached hydrogens (tertiary/aromatic N) is 2. The summed E-state index contributed by atoms with van der Waals surface area (Å²) in [6.45, 7) is 0.362. The molecule has 1 heterocycles. The summed E-state index contributed by atoms with van der Waals surface area (Å²) in [6.07, 6.45) is 0.141. The number of benzene rings is 2. The molecule has 0 amide bonds. The molecule has 1 N–H and O–H groups in total. The lowest BCUT2D eigenvalue weighted by Crippen LogP contribution is -2.18. The Morgan fingerprint density at radius 2 is 1.91 bits per heavy atom. The second-order valence-corrected chi connectivity index (χ2v) is 5.30. The molecule has 1 aromatic heterocycles. The van der Waals surface area contributed by atoms with Gasteiger partial charge in [-0.2, -0.15) is 5.10 Å². The minimum atomic E-state index is -0.411. The van der Waals surface area contributed by atoms with Gasteiger partial charge in [-0.15, -0.1) is 0 Å². The van der Waals surface area contributed by atoms with Crippen LogP contribution in [0.25, 0.3) is 0 Å². The van der Waals surface area contributed by atoms with Gasteiger partial charge >= 0.3 is 5.69 Å². The molecule has 0 aliphatic rings. The van der Waals surface area contributed by atoms with Crippen LogP contribution in [0, 0.1) is 5.82 Å². The zero-order valence-electron chi connectivity index (χ0n) is 11.6. The van der Waals surface area contributed by atoms with Crippen LogP contribution in [0.2, 0.25) is 5.02 Å². The van der Waals surface area contributed by atoms with Gasteiger partial charge < -0.3 is 0 Å². The van der Waals surface area contributed by atoms with Crippen LogP contribution in [0.4, 0.5) is 4.39 Å². The molecule has 0 spiro atoms. The highest BCUT2D eigenvalue weighted by molar-refractivity contribution is 6.31. The van der Waals surface area contributed by atoms with Crippen LogP contribution in [0.3, 0.4) is 0 Å². The Hall–Kier alpha value is -2.40. The van der Waals surface area contributed by atoms with Crippen molar-refractivity contribution in [2.45, 2.75) is 13.0 Å². The lowest BCUT2D eigenvalue weighted by atomic mass is 10.1. The molecule has 0 unspecified atom stereocenters. The summed E-state index contributed by atoms with van der Waals surface area (Å²) in [5, 5.41) is 4.52. The third-order valence-electron chi connectivity index (χ3n) is 3.31. The van der Waals surface area contributed by atoms with E-state index in [4.69, 9.17) is 11.6 Å². The highest BCUT2D eigenvalue weighted by Crippen LogP contribution is 2.20. The van der Waals surface area contributed by atoms with Gasteiger partial charge in [0, 0.05) is 17.0 Å². The van der Waals surface area contributed by atoms with Crippen molar-refractivity contribution in [2.24, 2.45) is 0 Å². The molecule has 6 heteroatoms. The van der Waals surface area contributed by atoms with Crippen LogP contribution in [-0.2, 0) is 13.0 Å². The smallest absolute Gasteiger partial charge is 0.292 e. The van der Waals surface area contributed by atoms with E-state index in [2.05, 4.69) is 10.1 Å². The second kappa shape index (κ2) is 6.15. The monoisotopic (exact) mass is 317 g/mol. The number of halogens is 2. The van der Waals surface area contributed by atoms with E-state index >= 15 is 0 Å². The van der Waals surface area contributed by atoms with Crippen LogP contribution < -0.4 is 5.69 Å². The zero-order valence-corrected chi connectivity index (χ0v) is 12.3. The summed E-state index contributed by atoms with van der Waals surface area (Å²) >= 11 is 5.99. The van der Waals surface area contributed by atoms with Gasteiger partial charge in [0.25, 0.3) is 0 Å². The molecule has 0 aliphatic heterocycles. The van der Waals surface area contributed by atoms with E-state index in [1.807, 2.05) is 30.3 Å². The molecule has 112 valence electrons. The fourth-order valence-corrected chi connectivity index (χ4v) is 2.45. The van der Waals surface area contributed by atoms with Gasteiger partial charge in [0.1, 0.15) is 11.6 Å². The Morgan fingerprint density at radius 1 is 1.14 bits per heavy atom. The van der Waals surface area contributed by atoms with E-state index in [-0.39, 0.29) is 12.1 Å². The maximum atomic E-state index is 13.8. The molecule has 0 radical (unpaired) electrons. The molecule has 0 saturated heterocycles. The van der Waals surface area contributed by atoms with Gasteiger partial charge in [-0.25, -0.2) is 13.9 Å². The SMILES string of the molecule is O=c1[nH]c(Cc2c(F)cccc2Cl)nn1Cc1ccccc1. The fraction of sp³-hybridized carbons (Fsp3) is 0.125. The third-order valence-corrected chi connectivity index (χ3v) is 3.66. The molecule has 22 heavy (non-hydrogen) atoms. The first-order valence-corrected chi connectivity index (χ1v) is 7.14. The van der Waals surface area contributed by atoms with E-state index < -0.39 is 5.82 Å². The van der Waals surface area contributed by atoms with Crippen molar-refractivity contribution in [3.05, 3.63) is 86.8 Å². The van der Waals surface area contributed by atoms with E-state index in [9.17, 15) is 9.18 Å². The third kappa shape index (κ3) is 3.09. The number of H-pyrrole nitrogens is 1. The van der Waals surface area contributed by atoms with Crippen molar-refractivity contribution in [1.29, 1.82) is 0 Å². The Bertz CT molecular complexity index is 822. The predicted molar refractivity (Wildman–Crippen MR) is 82.6 cm³/mol. The van der Waals surface area contributed by atoms with Crippen molar-refractivity contribution >= 4 is 11.6 Å². The van der Waals surface area contributed by atoms with Crippen LogP contribution in [0.1, 0.15) is 17.0 Å². The van der Waals surface area contributed by atoms with E-state index in [0.29, 0.717) is 23.0 Å². The number of rotatable bonds is 4. The quantitative estimate of drug-likeness (QED) is 0.804. The Labute approximate surface area is 131 Å². The maximum Gasteiger partial charge on any atom is 0.343 e. The number of hydrogen-bond donors (Lipinski definition) is 1. The predicted octanol–water partition coefficient (Wildman–Crippen LogP) is 3.00. The normalized spacial score (nSPS) is 10.8. The lowest BCUT2D eigenvalue weighted by Gasteiger charge is -2.03. The molecule has 0 fully saturated rings. The summed E-state index contributed by atoms with van der Waals surface area (Å²) in [4.78, 5) is 14.6. The summed E-state index contributed by atoms with van der Waals surface area (Å²) in [5.74, 6) is -0.0288. The molecular formula is C16H13ClFN3O. The van der Waals surface area contributed by atoms with Crippen molar-refractivity contribution < 1.29 is 4.39 Å². The zero-order chi connectivity index (χ0) is 15.5. The van der Waals surface area contributed by atoms with E-state index in [0.717, 1.165) is 5.56 Å². The topological polar surface area (TPSA) is 50.7 Å². The first-order chi connectivity index (χ1) is 10.6. The van der Waals surface area contributed by atoms with Gasteiger partial charge in [0.2, 0.25) is 0 Å². The standard InChI is InChI=1S/C16H13ClFN3O/c17-13-7-4-8-14(18)12(13)9-15-19-16(22)21(20-15)10-11-5-2-1-3-6-11/h1-8H,9-10H2,(H,19,20,22). The van der Waals surface area contributed by atoms with Crippen molar-refractivity contribution in [1.82, 2.24) is 14.8 Å². The largest absolute Gasteiger partial charge is 0.343 e. The molecular weight excluding hydrogens is 305 g/mol. The molecule has 3 rings (SSSR count). The molecule has 0 atom stereocenters. The maximum absolute atomic E-state index is 13.8. The van der Waals surface area contributed by atoms with Crippen LogP contribution in [-0.4, -0.2) is 14.8 Å². The molecule has 0 saturated carbocycles. The number of hydrogen-bond acceptors (Lipinski definition) is 2. The first kappa shape index (κ1) is 14.5. The molecule has 3 aromatic rings. The Kier molecular flexibility index (Phi) is 4.06. The number of aromatic nitrogens is 3. The van der Waals surface area contributed by atoms with Gasteiger partial charge in [-0.05, 0) is 17.7 Å². The summed E-state index contributed by atoms with van der Waals surface area (Å²) < 4.78 is 15.1. The van der Waals surface area contributed by atoms with Gasteiger partial charge in [0.05, 0.1) is 6.54 Å². The van der Waals surface area contributed by atoms with E-state index in [1.54, 1.807) is 6.07 Å². The number of aromatic amines is 1. The second-order valence-electron chi connectivity index (χ2n) is 4.90. The van der Waals surface area contributed by atoms with Gasteiger partial charge in [-0.1, -0.05) is 48.0 Å². The average Bonchev–Trinajstić information content (AvgIpc) is 2.84. The molecule has 2 aromatic carbocycles. The lowest BCUT2D eigenvalue weighted by molar-refractivity contribution is 0.610. The van der Waals surface area contributed by atoms with Crippen molar-refractivity contribution in [3.8, 4) is 0 Å². The van der Waals surface area contributed by atoms with Crippen LogP contribution in [0.15, 0.2) is 53.3 Å². The molecule has 4 nitrogen and oxygen atoms in total. The Morgan fingerprint density at radius 3 is 2.64 bits per heavy atom. The Balaban J connectivity index is 1.85. The number of nitrogens with one attached hydrogen (secondary N) is 1. The minimum Gasteiger partial charge on any atom is -0.292 e. The molecule has 0 aliphatic carbocycles. The summed E-state index contributed by atoms with van der Waals surface area (Å²) in [7, 11) is 0.